The van der Waals surface area contributed by atoms with E-state index >= 15 is 0 Å². The minimum atomic E-state index is -0.337. The average Bonchev–Trinajstić information content (AvgIpc) is 2.92. The number of nitro groups is 1. The molecule has 6 heteroatoms. The molecule has 0 amide bonds. The summed E-state index contributed by atoms with van der Waals surface area (Å²) in [5.74, 6) is 1.53. The van der Waals surface area contributed by atoms with E-state index in [1.54, 1.807) is 19.2 Å². The third-order valence-electron chi connectivity index (χ3n) is 5.79. The van der Waals surface area contributed by atoms with E-state index in [1.165, 1.54) is 64.2 Å². The second kappa shape index (κ2) is 9.33. The van der Waals surface area contributed by atoms with Gasteiger partial charge in [0, 0.05) is 30.8 Å². The highest BCUT2D eigenvalue weighted by atomic mass is 16.6. The van der Waals surface area contributed by atoms with E-state index in [-0.39, 0.29) is 10.6 Å². The first-order valence-corrected chi connectivity index (χ1v) is 9.91. The minimum Gasteiger partial charge on any atom is -0.496 e. The molecule has 0 radical (unpaired) electrons. The standard InChI is InChI=1S/C20H31N3O3/c1-26-20-7-6-19(23(24)25)14-18(20)16-22-12-8-17(9-13-22)15-21-10-4-2-3-5-11-21/h6-7,14,17H,2-5,8-13,15-16H2,1H3. The Labute approximate surface area is 156 Å². The molecule has 2 saturated heterocycles. The van der Waals surface area contributed by atoms with Gasteiger partial charge in [-0.3, -0.25) is 15.0 Å². The normalized spacial score (nSPS) is 20.7. The number of methoxy groups -OCH3 is 1. The molecule has 0 N–H and O–H groups in total. The molecular formula is C20H31N3O3. The van der Waals surface area contributed by atoms with Crippen LogP contribution in [0.2, 0.25) is 0 Å². The van der Waals surface area contributed by atoms with Gasteiger partial charge in [-0.25, -0.2) is 0 Å². The number of benzene rings is 1. The molecule has 0 spiro atoms. The van der Waals surface area contributed by atoms with Crippen LogP contribution in [0.4, 0.5) is 5.69 Å². The molecule has 0 bridgehead atoms. The molecule has 2 aliphatic heterocycles. The van der Waals surface area contributed by atoms with E-state index in [2.05, 4.69) is 9.80 Å². The maximum absolute atomic E-state index is 11.0. The summed E-state index contributed by atoms with van der Waals surface area (Å²) in [5, 5.41) is 11.0. The van der Waals surface area contributed by atoms with Gasteiger partial charge in [-0.2, -0.15) is 0 Å². The number of nitro benzene ring substituents is 1. The zero-order valence-electron chi connectivity index (χ0n) is 15.9. The van der Waals surface area contributed by atoms with E-state index in [1.807, 2.05) is 0 Å². The summed E-state index contributed by atoms with van der Waals surface area (Å²) in [7, 11) is 1.62. The van der Waals surface area contributed by atoms with Gasteiger partial charge in [0.25, 0.3) is 5.69 Å². The molecule has 2 heterocycles. The highest BCUT2D eigenvalue weighted by Gasteiger charge is 2.23. The fraction of sp³-hybridized carbons (Fsp3) is 0.700. The third-order valence-corrected chi connectivity index (χ3v) is 5.79. The van der Waals surface area contributed by atoms with E-state index in [9.17, 15) is 10.1 Å². The summed E-state index contributed by atoms with van der Waals surface area (Å²) in [6.07, 6.45) is 7.91. The van der Waals surface area contributed by atoms with E-state index in [4.69, 9.17) is 4.74 Å². The van der Waals surface area contributed by atoms with Crippen molar-refractivity contribution < 1.29 is 9.66 Å². The first-order chi connectivity index (χ1) is 12.7. The van der Waals surface area contributed by atoms with Crippen LogP contribution in [0.15, 0.2) is 18.2 Å². The van der Waals surface area contributed by atoms with Gasteiger partial charge in [0.15, 0.2) is 0 Å². The lowest BCUT2D eigenvalue weighted by Gasteiger charge is -2.34. The van der Waals surface area contributed by atoms with Crippen molar-refractivity contribution in [2.24, 2.45) is 5.92 Å². The smallest absolute Gasteiger partial charge is 0.270 e. The van der Waals surface area contributed by atoms with Gasteiger partial charge in [0.1, 0.15) is 5.75 Å². The van der Waals surface area contributed by atoms with E-state index < -0.39 is 0 Å². The van der Waals surface area contributed by atoms with Crippen LogP contribution < -0.4 is 4.74 Å². The van der Waals surface area contributed by atoms with Crippen LogP contribution in [0.25, 0.3) is 0 Å². The highest BCUT2D eigenvalue weighted by Crippen LogP contribution is 2.27. The monoisotopic (exact) mass is 361 g/mol. The largest absolute Gasteiger partial charge is 0.496 e. The molecule has 26 heavy (non-hydrogen) atoms. The summed E-state index contributed by atoms with van der Waals surface area (Å²) in [4.78, 5) is 15.8. The van der Waals surface area contributed by atoms with Gasteiger partial charge >= 0.3 is 0 Å². The number of non-ortho nitro benzene ring substituents is 1. The third kappa shape index (κ3) is 5.17. The van der Waals surface area contributed by atoms with Crippen molar-refractivity contribution in [3.8, 4) is 5.75 Å². The molecule has 0 unspecified atom stereocenters. The van der Waals surface area contributed by atoms with Gasteiger partial charge in [0.05, 0.1) is 12.0 Å². The van der Waals surface area contributed by atoms with Gasteiger partial charge in [-0.15, -0.1) is 0 Å². The number of hydrogen-bond acceptors (Lipinski definition) is 5. The molecule has 0 atom stereocenters. The van der Waals surface area contributed by atoms with Crippen LogP contribution in [0.5, 0.6) is 5.75 Å². The maximum atomic E-state index is 11.0. The van der Waals surface area contributed by atoms with Crippen LogP contribution in [0, 0.1) is 16.0 Å². The molecule has 1 aromatic rings. The number of rotatable bonds is 6. The number of nitrogens with zero attached hydrogens (tertiary/aromatic N) is 3. The van der Waals surface area contributed by atoms with Crippen LogP contribution >= 0.6 is 0 Å². The lowest BCUT2D eigenvalue weighted by atomic mass is 9.95. The fourth-order valence-electron chi connectivity index (χ4n) is 4.25. The number of likely N-dealkylation sites (tertiary alicyclic amines) is 2. The lowest BCUT2D eigenvalue weighted by molar-refractivity contribution is -0.385. The Morgan fingerprint density at radius 3 is 2.38 bits per heavy atom. The predicted octanol–water partition coefficient (Wildman–Crippen LogP) is 3.69. The number of piperidine rings is 1. The highest BCUT2D eigenvalue weighted by molar-refractivity contribution is 5.43. The predicted molar refractivity (Wildman–Crippen MR) is 103 cm³/mol. The van der Waals surface area contributed by atoms with Crippen LogP contribution in [-0.2, 0) is 6.54 Å². The second-order valence-electron chi connectivity index (χ2n) is 7.69. The molecule has 2 fully saturated rings. The Kier molecular flexibility index (Phi) is 6.86. The zero-order valence-corrected chi connectivity index (χ0v) is 15.9. The Balaban J connectivity index is 1.52. The van der Waals surface area contributed by atoms with Gasteiger partial charge in [-0.05, 0) is 63.8 Å². The Morgan fingerprint density at radius 1 is 1.08 bits per heavy atom. The van der Waals surface area contributed by atoms with Crippen molar-refractivity contribution in [3.05, 3.63) is 33.9 Å². The molecule has 3 rings (SSSR count). The first kappa shape index (κ1) is 19.1. The molecule has 1 aromatic carbocycles. The van der Waals surface area contributed by atoms with E-state index in [0.29, 0.717) is 0 Å². The lowest BCUT2D eigenvalue weighted by Crippen LogP contribution is -2.38. The van der Waals surface area contributed by atoms with Gasteiger partial charge in [0.2, 0.25) is 0 Å². The number of ether oxygens (including phenoxy) is 1. The molecule has 144 valence electrons. The molecule has 6 nitrogen and oxygen atoms in total. The summed E-state index contributed by atoms with van der Waals surface area (Å²) >= 11 is 0. The topological polar surface area (TPSA) is 58.9 Å². The first-order valence-electron chi connectivity index (χ1n) is 9.91. The summed E-state index contributed by atoms with van der Waals surface area (Å²) in [6, 6.07) is 4.87. The van der Waals surface area contributed by atoms with Crippen molar-refractivity contribution >= 4 is 5.69 Å². The molecule has 0 aromatic heterocycles. The van der Waals surface area contributed by atoms with Crippen LogP contribution in [0.1, 0.15) is 44.1 Å². The van der Waals surface area contributed by atoms with Crippen LogP contribution in [-0.4, -0.2) is 54.6 Å². The maximum Gasteiger partial charge on any atom is 0.270 e. The molecule has 0 aliphatic carbocycles. The quantitative estimate of drug-likeness (QED) is 0.571. The Bertz CT molecular complexity index is 592. The van der Waals surface area contributed by atoms with Crippen molar-refractivity contribution in [3.63, 3.8) is 0 Å². The van der Waals surface area contributed by atoms with Crippen LogP contribution in [0.3, 0.4) is 0 Å². The summed E-state index contributed by atoms with van der Waals surface area (Å²) < 4.78 is 5.40. The van der Waals surface area contributed by atoms with E-state index in [0.717, 1.165) is 36.9 Å². The van der Waals surface area contributed by atoms with Crippen molar-refractivity contribution in [2.45, 2.75) is 45.1 Å². The molecule has 2 aliphatic rings. The average molecular weight is 361 g/mol. The van der Waals surface area contributed by atoms with Crippen molar-refractivity contribution in [1.82, 2.24) is 9.80 Å². The zero-order chi connectivity index (χ0) is 18.4. The minimum absolute atomic E-state index is 0.136. The summed E-state index contributed by atoms with van der Waals surface area (Å²) in [5.41, 5.74) is 1.05. The second-order valence-corrected chi connectivity index (χ2v) is 7.69. The van der Waals surface area contributed by atoms with Crippen molar-refractivity contribution in [1.29, 1.82) is 0 Å². The Morgan fingerprint density at radius 2 is 1.77 bits per heavy atom. The SMILES string of the molecule is COc1ccc([N+](=O)[O-])cc1CN1CCC(CN2CCCCCC2)CC1. The molecule has 0 saturated carbocycles. The van der Waals surface area contributed by atoms with Gasteiger partial charge < -0.3 is 9.64 Å². The van der Waals surface area contributed by atoms with Gasteiger partial charge in [-0.1, -0.05) is 12.8 Å². The fourth-order valence-corrected chi connectivity index (χ4v) is 4.25. The van der Waals surface area contributed by atoms with Crippen molar-refractivity contribution in [2.75, 3.05) is 39.8 Å². The Hall–Kier alpha value is -1.66. The summed E-state index contributed by atoms with van der Waals surface area (Å²) in [6.45, 7) is 6.63. The molecular weight excluding hydrogens is 330 g/mol. The number of hydrogen-bond donors (Lipinski definition) is 0.